The Bertz CT molecular complexity index is 269. The number of nitrogens with two attached hydrogens (primary N) is 1. The molecule has 5 heteroatoms. The second-order valence-corrected chi connectivity index (χ2v) is 4.71. The molecule has 2 rings (SSSR count). The van der Waals surface area contributed by atoms with Crippen molar-refractivity contribution in [1.82, 2.24) is 4.90 Å². The van der Waals surface area contributed by atoms with E-state index in [2.05, 4.69) is 0 Å². The summed E-state index contributed by atoms with van der Waals surface area (Å²) in [5, 5.41) is 0.149. The van der Waals surface area contributed by atoms with Crippen molar-refractivity contribution in [2.24, 2.45) is 5.73 Å². The summed E-state index contributed by atoms with van der Waals surface area (Å²) in [7, 11) is 0. The molecule has 2 N–H and O–H groups in total. The third-order valence-electron chi connectivity index (χ3n) is 2.59. The van der Waals surface area contributed by atoms with Gasteiger partial charge in [0.1, 0.15) is 6.04 Å². The standard InChI is InChI=1S/C8H12N2O2S/c1-4(11)6-3-13-7-2-5(9)8(12)10(6)7/h5-7H,2-3,9H2,1H3/t5-,6+,7?/m1/s1. The van der Waals surface area contributed by atoms with E-state index in [-0.39, 0.29) is 29.1 Å². The van der Waals surface area contributed by atoms with E-state index in [1.165, 1.54) is 6.92 Å². The van der Waals surface area contributed by atoms with Gasteiger partial charge in [-0.2, -0.15) is 0 Å². The molecule has 0 saturated carbocycles. The van der Waals surface area contributed by atoms with E-state index in [4.69, 9.17) is 5.73 Å². The van der Waals surface area contributed by atoms with Gasteiger partial charge in [-0.25, -0.2) is 0 Å². The number of nitrogens with zero attached hydrogens (tertiary/aromatic N) is 1. The molecule has 0 aromatic heterocycles. The molecule has 13 heavy (non-hydrogen) atoms. The second kappa shape index (κ2) is 2.99. The number of carbonyl (C=O) groups is 2. The molecule has 0 aromatic carbocycles. The highest BCUT2D eigenvalue weighted by Crippen LogP contribution is 2.37. The SMILES string of the molecule is CC(=O)[C@@H]1CSC2C[C@@H](N)C(=O)N21. The van der Waals surface area contributed by atoms with Crippen molar-refractivity contribution in [1.29, 1.82) is 0 Å². The van der Waals surface area contributed by atoms with Crippen LogP contribution in [0, 0.1) is 0 Å². The van der Waals surface area contributed by atoms with Crippen LogP contribution in [-0.2, 0) is 9.59 Å². The number of rotatable bonds is 1. The van der Waals surface area contributed by atoms with Gasteiger partial charge in [-0.05, 0) is 6.92 Å². The lowest BCUT2D eigenvalue weighted by atomic mass is 10.2. The molecule has 0 bridgehead atoms. The zero-order chi connectivity index (χ0) is 9.59. The summed E-state index contributed by atoms with van der Waals surface area (Å²) in [4.78, 5) is 24.4. The van der Waals surface area contributed by atoms with Gasteiger partial charge in [-0.15, -0.1) is 11.8 Å². The maximum Gasteiger partial charge on any atom is 0.241 e. The molecule has 2 heterocycles. The third-order valence-corrected chi connectivity index (χ3v) is 3.90. The molecule has 0 aliphatic carbocycles. The normalized spacial score (nSPS) is 38.2. The Balaban J connectivity index is 2.21. The highest BCUT2D eigenvalue weighted by molar-refractivity contribution is 8.00. The molecule has 4 nitrogen and oxygen atoms in total. The van der Waals surface area contributed by atoms with Crippen LogP contribution >= 0.6 is 11.8 Å². The predicted octanol–water partition coefficient (Wildman–Crippen LogP) is -0.424. The highest BCUT2D eigenvalue weighted by atomic mass is 32.2. The van der Waals surface area contributed by atoms with Gasteiger partial charge in [0, 0.05) is 12.2 Å². The first-order valence-electron chi connectivity index (χ1n) is 4.31. The zero-order valence-corrected chi connectivity index (χ0v) is 8.21. The van der Waals surface area contributed by atoms with Crippen LogP contribution < -0.4 is 5.73 Å². The lowest BCUT2D eigenvalue weighted by molar-refractivity contribution is -0.135. The van der Waals surface area contributed by atoms with Crippen molar-refractivity contribution >= 4 is 23.5 Å². The number of hydrogen-bond donors (Lipinski definition) is 1. The fraction of sp³-hybridized carbons (Fsp3) is 0.750. The van der Waals surface area contributed by atoms with Crippen molar-refractivity contribution < 1.29 is 9.59 Å². The van der Waals surface area contributed by atoms with Gasteiger partial charge in [0.2, 0.25) is 5.91 Å². The molecule has 1 amide bonds. The van der Waals surface area contributed by atoms with E-state index in [1.54, 1.807) is 16.7 Å². The summed E-state index contributed by atoms with van der Waals surface area (Å²) in [6, 6.07) is -0.615. The molecule has 2 fully saturated rings. The maximum absolute atomic E-state index is 11.5. The topological polar surface area (TPSA) is 63.4 Å². The number of carbonyl (C=O) groups excluding carboxylic acids is 2. The molecule has 0 spiro atoms. The molecule has 72 valence electrons. The summed E-state index contributed by atoms with van der Waals surface area (Å²) in [6.07, 6.45) is 0.688. The molecule has 0 radical (unpaired) electrons. The first kappa shape index (κ1) is 9.02. The van der Waals surface area contributed by atoms with Crippen LogP contribution in [0.4, 0.5) is 0 Å². The second-order valence-electron chi connectivity index (χ2n) is 3.50. The molecule has 2 aliphatic rings. The van der Waals surface area contributed by atoms with E-state index >= 15 is 0 Å². The van der Waals surface area contributed by atoms with Crippen LogP contribution in [0.3, 0.4) is 0 Å². The van der Waals surface area contributed by atoms with E-state index in [0.29, 0.717) is 6.42 Å². The van der Waals surface area contributed by atoms with Crippen molar-refractivity contribution in [2.75, 3.05) is 5.75 Å². The number of amides is 1. The lowest BCUT2D eigenvalue weighted by Crippen LogP contribution is -2.43. The molecule has 0 aromatic rings. The summed E-state index contributed by atoms with van der Waals surface area (Å²) < 4.78 is 0. The smallest absolute Gasteiger partial charge is 0.241 e. The van der Waals surface area contributed by atoms with Gasteiger partial charge >= 0.3 is 0 Å². The minimum atomic E-state index is -0.389. The van der Waals surface area contributed by atoms with Crippen molar-refractivity contribution in [2.45, 2.75) is 30.8 Å². The minimum absolute atomic E-state index is 0.0600. The Kier molecular flexibility index (Phi) is 2.08. The minimum Gasteiger partial charge on any atom is -0.320 e. The monoisotopic (exact) mass is 200 g/mol. The molecule has 2 aliphatic heterocycles. The van der Waals surface area contributed by atoms with Crippen LogP contribution in [0.1, 0.15) is 13.3 Å². The summed E-state index contributed by atoms with van der Waals surface area (Å²) in [5.41, 5.74) is 5.62. The average Bonchev–Trinajstić information content (AvgIpc) is 2.55. The Morgan fingerprint density at radius 3 is 3.00 bits per heavy atom. The quantitative estimate of drug-likeness (QED) is 0.624. The lowest BCUT2D eigenvalue weighted by Gasteiger charge is -2.20. The van der Waals surface area contributed by atoms with E-state index in [1.807, 2.05) is 0 Å². The van der Waals surface area contributed by atoms with Gasteiger partial charge < -0.3 is 10.6 Å². The Hall–Kier alpha value is -0.550. The van der Waals surface area contributed by atoms with Crippen LogP contribution in [0.2, 0.25) is 0 Å². The number of ketones is 1. The van der Waals surface area contributed by atoms with E-state index in [0.717, 1.165) is 5.75 Å². The van der Waals surface area contributed by atoms with Gasteiger partial charge in [-0.3, -0.25) is 9.59 Å². The molecule has 1 unspecified atom stereocenters. The molecular formula is C8H12N2O2S. The first-order valence-corrected chi connectivity index (χ1v) is 5.36. The van der Waals surface area contributed by atoms with Gasteiger partial charge in [0.05, 0.1) is 11.4 Å². The Morgan fingerprint density at radius 2 is 2.38 bits per heavy atom. The largest absolute Gasteiger partial charge is 0.320 e. The number of fused-ring (bicyclic) bond motifs is 1. The summed E-state index contributed by atoms with van der Waals surface area (Å²) in [6.45, 7) is 1.53. The molecular weight excluding hydrogens is 188 g/mol. The van der Waals surface area contributed by atoms with Gasteiger partial charge in [0.25, 0.3) is 0 Å². The Labute approximate surface area is 80.8 Å². The van der Waals surface area contributed by atoms with E-state index in [9.17, 15) is 9.59 Å². The first-order chi connectivity index (χ1) is 6.11. The van der Waals surface area contributed by atoms with Crippen LogP contribution in [0.5, 0.6) is 0 Å². The fourth-order valence-electron chi connectivity index (χ4n) is 1.86. The Morgan fingerprint density at radius 1 is 1.69 bits per heavy atom. The highest BCUT2D eigenvalue weighted by Gasteiger charge is 2.47. The fourth-order valence-corrected chi connectivity index (χ4v) is 3.42. The van der Waals surface area contributed by atoms with E-state index < -0.39 is 0 Å². The van der Waals surface area contributed by atoms with Crippen molar-refractivity contribution in [3.63, 3.8) is 0 Å². The zero-order valence-electron chi connectivity index (χ0n) is 7.40. The van der Waals surface area contributed by atoms with Crippen molar-refractivity contribution in [3.05, 3.63) is 0 Å². The number of Topliss-reactive ketones (excluding diaryl/α,β-unsaturated/α-hetero) is 1. The van der Waals surface area contributed by atoms with Gasteiger partial charge in [0.15, 0.2) is 5.78 Å². The number of thioether (sulfide) groups is 1. The van der Waals surface area contributed by atoms with Crippen molar-refractivity contribution in [3.8, 4) is 0 Å². The maximum atomic E-state index is 11.5. The summed E-state index contributed by atoms with van der Waals surface area (Å²) >= 11 is 1.66. The van der Waals surface area contributed by atoms with Gasteiger partial charge in [-0.1, -0.05) is 0 Å². The molecule has 2 saturated heterocycles. The van der Waals surface area contributed by atoms with Crippen LogP contribution in [0.25, 0.3) is 0 Å². The average molecular weight is 200 g/mol. The van der Waals surface area contributed by atoms with Crippen LogP contribution in [-0.4, -0.2) is 39.8 Å². The molecule has 3 atom stereocenters. The predicted molar refractivity (Wildman–Crippen MR) is 50.2 cm³/mol. The third kappa shape index (κ3) is 1.26. The number of hydrogen-bond acceptors (Lipinski definition) is 4. The summed E-state index contributed by atoms with van der Waals surface area (Å²) in [5.74, 6) is 0.742. The van der Waals surface area contributed by atoms with Crippen LogP contribution in [0.15, 0.2) is 0 Å².